The van der Waals surface area contributed by atoms with Gasteiger partial charge in [0, 0.05) is 19.7 Å². The largest absolute Gasteiger partial charge is 0.379 e. The van der Waals surface area contributed by atoms with E-state index in [1.165, 1.54) is 0 Å². The van der Waals surface area contributed by atoms with E-state index in [2.05, 4.69) is 24.2 Å². The molecule has 19 heavy (non-hydrogen) atoms. The van der Waals surface area contributed by atoms with Crippen LogP contribution < -0.4 is 5.32 Å². The topological polar surface area (TPSA) is 41.6 Å². The number of likely N-dealkylation sites (N-methyl/N-ethyl adjacent to an activating group) is 1. The molecule has 0 bridgehead atoms. The molecule has 0 saturated heterocycles. The van der Waals surface area contributed by atoms with Gasteiger partial charge >= 0.3 is 0 Å². The lowest BCUT2D eigenvalue weighted by atomic mass is 10.2. The van der Waals surface area contributed by atoms with Gasteiger partial charge in [-0.2, -0.15) is 0 Å². The standard InChI is InChI=1S/C8H18N2O.C5H12O.C2H6/c1-4-5-10(3)6-8(2)9-7-11;1-5(2,3)6-4;1-2/h7-8H,4-6H2,1-3H3,(H,9,11);1-4H3;1-2H3/t8-;;/m1../s1. The van der Waals surface area contributed by atoms with E-state index in [4.69, 9.17) is 4.74 Å². The molecule has 4 nitrogen and oxygen atoms in total. The number of carbonyl (C=O) groups is 1. The molecule has 0 rings (SSSR count). The van der Waals surface area contributed by atoms with Crippen molar-refractivity contribution in [3.63, 3.8) is 0 Å². The summed E-state index contributed by atoms with van der Waals surface area (Å²) in [6.45, 7) is 16.2. The van der Waals surface area contributed by atoms with Gasteiger partial charge in [0.1, 0.15) is 0 Å². The van der Waals surface area contributed by atoms with Crippen molar-refractivity contribution in [1.82, 2.24) is 10.2 Å². The first-order valence-electron chi connectivity index (χ1n) is 7.20. The summed E-state index contributed by atoms with van der Waals surface area (Å²) in [6.07, 6.45) is 1.91. The third-order valence-electron chi connectivity index (χ3n) is 2.16. The smallest absolute Gasteiger partial charge is 0.207 e. The second-order valence-corrected chi connectivity index (χ2v) is 5.26. The van der Waals surface area contributed by atoms with Crippen LogP contribution in [-0.2, 0) is 9.53 Å². The molecular formula is C15H36N2O2. The predicted molar refractivity (Wildman–Crippen MR) is 84.6 cm³/mol. The first-order chi connectivity index (χ1) is 8.76. The quantitative estimate of drug-likeness (QED) is 0.758. The number of hydrogen-bond donors (Lipinski definition) is 1. The van der Waals surface area contributed by atoms with Gasteiger partial charge < -0.3 is 15.0 Å². The van der Waals surface area contributed by atoms with Crippen LogP contribution in [0.2, 0.25) is 0 Å². The molecule has 0 aromatic rings. The maximum Gasteiger partial charge on any atom is 0.207 e. The van der Waals surface area contributed by atoms with Crippen molar-refractivity contribution in [2.45, 2.75) is 66.5 Å². The van der Waals surface area contributed by atoms with Gasteiger partial charge in [0.25, 0.3) is 0 Å². The number of ether oxygens (including phenoxy) is 1. The molecule has 0 heterocycles. The van der Waals surface area contributed by atoms with Gasteiger partial charge in [-0.15, -0.1) is 0 Å². The Balaban J connectivity index is -0.000000271. The van der Waals surface area contributed by atoms with Gasteiger partial charge in [-0.05, 0) is 47.7 Å². The van der Waals surface area contributed by atoms with Gasteiger partial charge in [0.05, 0.1) is 5.60 Å². The summed E-state index contributed by atoms with van der Waals surface area (Å²) in [4.78, 5) is 12.2. The zero-order valence-electron chi connectivity index (χ0n) is 14.5. The third-order valence-corrected chi connectivity index (χ3v) is 2.16. The van der Waals surface area contributed by atoms with Crippen LogP contribution in [0.15, 0.2) is 0 Å². The minimum absolute atomic E-state index is 0.0417. The summed E-state index contributed by atoms with van der Waals surface area (Å²) in [5, 5.41) is 2.71. The summed E-state index contributed by atoms with van der Waals surface area (Å²) < 4.78 is 4.94. The lowest BCUT2D eigenvalue weighted by molar-refractivity contribution is -0.110. The summed E-state index contributed by atoms with van der Waals surface area (Å²) in [5.41, 5.74) is 0.0417. The van der Waals surface area contributed by atoms with Crippen LogP contribution >= 0.6 is 0 Å². The lowest BCUT2D eigenvalue weighted by Gasteiger charge is -2.19. The Bertz CT molecular complexity index is 179. The van der Waals surface area contributed by atoms with E-state index in [9.17, 15) is 4.79 Å². The van der Waals surface area contributed by atoms with Crippen molar-refractivity contribution in [2.24, 2.45) is 0 Å². The first kappa shape index (κ1) is 23.5. The molecule has 0 aromatic heterocycles. The molecule has 0 aromatic carbocycles. The summed E-state index contributed by atoms with van der Waals surface area (Å²) in [5.74, 6) is 0. The van der Waals surface area contributed by atoms with E-state index in [1.54, 1.807) is 7.11 Å². The average Bonchev–Trinajstić information content (AvgIpc) is 2.32. The fraction of sp³-hybridized carbons (Fsp3) is 0.933. The molecule has 0 unspecified atom stereocenters. The fourth-order valence-electron chi connectivity index (χ4n) is 1.11. The SMILES string of the molecule is CC.CCCN(C)C[C@@H](C)NC=O.COC(C)(C)C. The fourth-order valence-corrected chi connectivity index (χ4v) is 1.11. The highest BCUT2D eigenvalue weighted by Gasteiger charge is 2.04. The Morgan fingerprint density at radius 3 is 2.00 bits per heavy atom. The Morgan fingerprint density at radius 1 is 1.32 bits per heavy atom. The zero-order valence-corrected chi connectivity index (χ0v) is 14.5. The second-order valence-electron chi connectivity index (χ2n) is 5.26. The molecule has 0 aliphatic carbocycles. The molecule has 0 aliphatic heterocycles. The van der Waals surface area contributed by atoms with Crippen LogP contribution in [0.25, 0.3) is 0 Å². The minimum Gasteiger partial charge on any atom is -0.379 e. The zero-order chi connectivity index (χ0) is 15.9. The number of amides is 1. The van der Waals surface area contributed by atoms with Crippen LogP contribution in [0.5, 0.6) is 0 Å². The number of methoxy groups -OCH3 is 1. The molecule has 0 fully saturated rings. The van der Waals surface area contributed by atoms with Crippen molar-refractivity contribution in [3.05, 3.63) is 0 Å². The third kappa shape index (κ3) is 26.8. The monoisotopic (exact) mass is 276 g/mol. The van der Waals surface area contributed by atoms with Gasteiger partial charge in [-0.25, -0.2) is 0 Å². The van der Waals surface area contributed by atoms with Gasteiger partial charge in [-0.1, -0.05) is 20.8 Å². The highest BCUT2D eigenvalue weighted by Crippen LogP contribution is 2.02. The Labute approximate surface area is 120 Å². The van der Waals surface area contributed by atoms with Crippen molar-refractivity contribution < 1.29 is 9.53 Å². The van der Waals surface area contributed by atoms with E-state index in [0.717, 1.165) is 25.9 Å². The normalized spacial score (nSPS) is 11.7. The van der Waals surface area contributed by atoms with Crippen molar-refractivity contribution >= 4 is 6.41 Å². The van der Waals surface area contributed by atoms with Gasteiger partial charge in [0.15, 0.2) is 0 Å². The number of rotatable bonds is 6. The number of nitrogens with one attached hydrogen (secondary N) is 1. The summed E-state index contributed by atoms with van der Waals surface area (Å²) in [7, 11) is 3.77. The maximum atomic E-state index is 10.0. The predicted octanol–water partition coefficient (Wildman–Crippen LogP) is 2.92. The van der Waals surface area contributed by atoms with Crippen LogP contribution in [0.1, 0.15) is 54.9 Å². The number of nitrogens with zero attached hydrogens (tertiary/aromatic N) is 1. The molecule has 0 spiro atoms. The molecule has 0 aliphatic rings. The van der Waals surface area contributed by atoms with Crippen molar-refractivity contribution in [3.8, 4) is 0 Å². The molecule has 0 radical (unpaired) electrons. The molecule has 1 atom stereocenters. The molecule has 1 N–H and O–H groups in total. The van der Waals surface area contributed by atoms with E-state index < -0.39 is 0 Å². The second kappa shape index (κ2) is 15.4. The summed E-state index contributed by atoms with van der Waals surface area (Å²) >= 11 is 0. The van der Waals surface area contributed by atoms with E-state index in [-0.39, 0.29) is 11.6 Å². The number of carbonyl (C=O) groups excluding carboxylic acids is 1. The lowest BCUT2D eigenvalue weighted by Crippen LogP contribution is -2.36. The Hall–Kier alpha value is -0.610. The van der Waals surface area contributed by atoms with E-state index in [0.29, 0.717) is 0 Å². The molecule has 118 valence electrons. The minimum atomic E-state index is 0.0417. The molecular weight excluding hydrogens is 240 g/mol. The highest BCUT2D eigenvalue weighted by atomic mass is 16.5. The Morgan fingerprint density at radius 2 is 1.74 bits per heavy atom. The van der Waals surface area contributed by atoms with Crippen LogP contribution in [-0.4, -0.2) is 50.2 Å². The van der Waals surface area contributed by atoms with Crippen LogP contribution in [0, 0.1) is 0 Å². The molecule has 1 amide bonds. The van der Waals surface area contributed by atoms with Gasteiger partial charge in [0.2, 0.25) is 6.41 Å². The van der Waals surface area contributed by atoms with E-state index in [1.807, 2.05) is 41.5 Å². The molecule has 4 heteroatoms. The van der Waals surface area contributed by atoms with Gasteiger partial charge in [-0.3, -0.25) is 4.79 Å². The van der Waals surface area contributed by atoms with Crippen molar-refractivity contribution in [2.75, 3.05) is 27.2 Å². The average molecular weight is 276 g/mol. The van der Waals surface area contributed by atoms with Crippen LogP contribution in [0.3, 0.4) is 0 Å². The summed E-state index contributed by atoms with van der Waals surface area (Å²) in [6, 6.07) is 0.254. The first-order valence-corrected chi connectivity index (χ1v) is 7.20. The Kier molecular flexibility index (Phi) is 19.1. The van der Waals surface area contributed by atoms with Crippen molar-refractivity contribution in [1.29, 1.82) is 0 Å². The molecule has 0 saturated carbocycles. The highest BCUT2D eigenvalue weighted by molar-refractivity contribution is 5.46. The number of hydrogen-bond acceptors (Lipinski definition) is 3. The van der Waals surface area contributed by atoms with Crippen LogP contribution in [0.4, 0.5) is 0 Å². The van der Waals surface area contributed by atoms with E-state index >= 15 is 0 Å². The maximum absolute atomic E-state index is 10.0.